The molecular weight excluding hydrogens is 366 g/mol. The minimum atomic E-state index is -4.34. The van der Waals surface area contributed by atoms with E-state index in [1.807, 2.05) is 0 Å². The van der Waals surface area contributed by atoms with Gasteiger partial charge in [0.05, 0.1) is 19.0 Å². The molecule has 1 aliphatic rings. The van der Waals surface area contributed by atoms with Crippen molar-refractivity contribution in [2.45, 2.75) is 17.7 Å². The molecule has 140 valence electrons. The number of hydrogen-bond donors (Lipinski definition) is 3. The molecule has 0 radical (unpaired) electrons. The molecule has 0 saturated carbocycles. The highest BCUT2D eigenvalue weighted by molar-refractivity contribution is 7.90. The first-order chi connectivity index (χ1) is 12.2. The van der Waals surface area contributed by atoms with Crippen LogP contribution in [0.2, 0.25) is 0 Å². The Labute approximate surface area is 149 Å². The Morgan fingerprint density at radius 3 is 2.58 bits per heavy atom. The van der Waals surface area contributed by atoms with Crippen LogP contribution in [-0.4, -0.2) is 52.8 Å². The molecule has 3 N–H and O–H groups in total. The van der Waals surface area contributed by atoms with Gasteiger partial charge in [0, 0.05) is 14.0 Å². The first kappa shape index (κ1) is 19.3. The minimum absolute atomic E-state index is 0.0710. The maximum atomic E-state index is 12.4. The normalized spacial score (nSPS) is 19.1. The van der Waals surface area contributed by atoms with Crippen molar-refractivity contribution in [2.24, 2.45) is 9.98 Å². The number of hydrogen-bond acceptors (Lipinski definition) is 9. The van der Waals surface area contributed by atoms with Gasteiger partial charge in [-0.3, -0.25) is 5.32 Å². The number of benzene rings is 1. The highest BCUT2D eigenvalue weighted by Crippen LogP contribution is 2.16. The molecule has 1 aromatic rings. The first-order valence-electron chi connectivity index (χ1n) is 7.17. The smallest absolute Gasteiger partial charge is 0.339 e. The number of nitrogens with zero attached hydrogens (tertiary/aromatic N) is 2. The average molecular weight is 383 g/mol. The fourth-order valence-electron chi connectivity index (χ4n) is 1.93. The lowest BCUT2D eigenvalue weighted by molar-refractivity contribution is 0.0209. The zero-order valence-electron chi connectivity index (χ0n) is 14.1. The van der Waals surface area contributed by atoms with E-state index in [2.05, 4.69) is 25.4 Å². The molecule has 26 heavy (non-hydrogen) atoms. The van der Waals surface area contributed by atoms with Gasteiger partial charge >= 0.3 is 12.0 Å². The second kappa shape index (κ2) is 7.49. The van der Waals surface area contributed by atoms with Gasteiger partial charge in [-0.2, -0.15) is 4.99 Å². The summed E-state index contributed by atoms with van der Waals surface area (Å²) in [4.78, 5) is 31.2. The summed E-state index contributed by atoms with van der Waals surface area (Å²) in [5.74, 6) is -2.17. The number of carbonyl (C=O) groups is 2. The van der Waals surface area contributed by atoms with Crippen LogP contribution in [0.4, 0.5) is 4.79 Å². The molecule has 0 fully saturated rings. The molecule has 0 bridgehead atoms. The van der Waals surface area contributed by atoms with E-state index < -0.39 is 32.8 Å². The van der Waals surface area contributed by atoms with Crippen LogP contribution in [0.5, 0.6) is 0 Å². The third-order valence-electron chi connectivity index (χ3n) is 3.25. The Kier molecular flexibility index (Phi) is 5.57. The Morgan fingerprint density at radius 1 is 1.23 bits per heavy atom. The quantitative estimate of drug-likeness (QED) is 0.608. The van der Waals surface area contributed by atoms with E-state index in [0.717, 1.165) is 7.11 Å². The molecule has 1 aromatic carbocycles. The number of carbonyl (C=O) groups excluding carboxylic acids is 2. The molecule has 2 amide bonds. The molecule has 1 aliphatic heterocycles. The van der Waals surface area contributed by atoms with Crippen molar-refractivity contribution in [1.29, 1.82) is 0 Å². The van der Waals surface area contributed by atoms with Crippen LogP contribution in [0.25, 0.3) is 0 Å². The summed E-state index contributed by atoms with van der Waals surface area (Å²) in [6.45, 7) is 1.53. The van der Waals surface area contributed by atoms with Crippen LogP contribution >= 0.6 is 0 Å². The Bertz CT molecular complexity index is 882. The van der Waals surface area contributed by atoms with Crippen molar-refractivity contribution < 1.29 is 27.5 Å². The number of aliphatic imine (C=N–C) groups is 2. The molecule has 11 nitrogen and oxygen atoms in total. The van der Waals surface area contributed by atoms with E-state index in [4.69, 9.17) is 4.74 Å². The number of sulfonamides is 1. The van der Waals surface area contributed by atoms with Crippen molar-refractivity contribution in [2.75, 3.05) is 14.2 Å². The van der Waals surface area contributed by atoms with E-state index in [1.54, 1.807) is 4.72 Å². The molecule has 2 rings (SSSR count). The van der Waals surface area contributed by atoms with Crippen LogP contribution in [0.15, 0.2) is 39.1 Å². The summed E-state index contributed by atoms with van der Waals surface area (Å²) in [6.07, 6.45) is 1.24. The van der Waals surface area contributed by atoms with Crippen LogP contribution in [0.3, 0.4) is 0 Å². The monoisotopic (exact) mass is 383 g/mol. The number of nitrogens with one attached hydrogen (secondary N) is 3. The van der Waals surface area contributed by atoms with Crippen molar-refractivity contribution >= 4 is 34.3 Å². The standard InChI is InChI=1S/C14H17N5O6S/c1-14(25-3)16-8-15-12(18-14)17-13(21)19-26(22,23)10-7-5-4-6-9(10)11(20)24-2/h4-8H,1-3H3,(H3,15,16,17,18,19,21). The molecule has 0 aliphatic carbocycles. The van der Waals surface area contributed by atoms with Gasteiger partial charge < -0.3 is 14.8 Å². The van der Waals surface area contributed by atoms with E-state index in [0.29, 0.717) is 0 Å². The van der Waals surface area contributed by atoms with E-state index in [-0.39, 0.29) is 11.5 Å². The lowest BCUT2D eigenvalue weighted by atomic mass is 10.2. The fourth-order valence-corrected chi connectivity index (χ4v) is 3.04. The molecule has 0 saturated heterocycles. The second-order valence-corrected chi connectivity index (χ2v) is 6.70. The van der Waals surface area contributed by atoms with Gasteiger partial charge in [0.15, 0.2) is 0 Å². The summed E-state index contributed by atoms with van der Waals surface area (Å²) < 4.78 is 36.2. The van der Waals surface area contributed by atoms with Gasteiger partial charge in [-0.15, -0.1) is 0 Å². The molecule has 12 heteroatoms. The van der Waals surface area contributed by atoms with Crippen molar-refractivity contribution in [3.8, 4) is 0 Å². The van der Waals surface area contributed by atoms with Gasteiger partial charge in [-0.25, -0.2) is 27.7 Å². The Hall–Kier alpha value is -2.99. The lowest BCUT2D eigenvalue weighted by Gasteiger charge is -2.23. The van der Waals surface area contributed by atoms with Crippen molar-refractivity contribution in [1.82, 2.24) is 15.4 Å². The summed E-state index contributed by atoms with van der Waals surface area (Å²) in [5.41, 5.74) is -0.206. The summed E-state index contributed by atoms with van der Waals surface area (Å²) in [6, 6.07) is 4.23. The number of guanidine groups is 1. The number of methoxy groups -OCH3 is 2. The highest BCUT2D eigenvalue weighted by atomic mass is 32.2. The molecule has 0 aromatic heterocycles. The zero-order valence-corrected chi connectivity index (χ0v) is 15.0. The Balaban J connectivity index is 2.18. The number of rotatable bonds is 4. The third-order valence-corrected chi connectivity index (χ3v) is 4.64. The number of esters is 1. The van der Waals surface area contributed by atoms with Crippen LogP contribution in [0, 0.1) is 0 Å². The van der Waals surface area contributed by atoms with E-state index in [9.17, 15) is 18.0 Å². The third kappa shape index (κ3) is 4.34. The molecule has 0 spiro atoms. The number of amides is 2. The largest absolute Gasteiger partial charge is 0.465 e. The van der Waals surface area contributed by atoms with Crippen molar-refractivity contribution in [3.63, 3.8) is 0 Å². The predicted molar refractivity (Wildman–Crippen MR) is 91.1 cm³/mol. The summed E-state index contributed by atoms with van der Waals surface area (Å²) in [5, 5.41) is 4.76. The summed E-state index contributed by atoms with van der Waals surface area (Å²) >= 11 is 0. The Morgan fingerprint density at radius 2 is 1.92 bits per heavy atom. The molecule has 1 unspecified atom stereocenters. The number of ether oxygens (including phenoxy) is 2. The molecule has 1 atom stereocenters. The van der Waals surface area contributed by atoms with E-state index >= 15 is 0 Å². The minimum Gasteiger partial charge on any atom is -0.465 e. The van der Waals surface area contributed by atoms with Gasteiger partial charge in [0.2, 0.25) is 5.96 Å². The SMILES string of the molecule is COC(=O)c1ccccc1S(=O)(=O)NC(=O)NC1=NC(C)(OC)N=CN1. The van der Waals surface area contributed by atoms with Gasteiger partial charge in [0.1, 0.15) is 4.90 Å². The van der Waals surface area contributed by atoms with Gasteiger partial charge in [-0.1, -0.05) is 12.1 Å². The zero-order chi connectivity index (χ0) is 19.4. The van der Waals surface area contributed by atoms with Gasteiger partial charge in [0.25, 0.3) is 15.9 Å². The van der Waals surface area contributed by atoms with Crippen molar-refractivity contribution in [3.05, 3.63) is 29.8 Å². The topological polar surface area (TPSA) is 148 Å². The maximum Gasteiger partial charge on any atom is 0.339 e. The summed E-state index contributed by atoms with van der Waals surface area (Å²) in [7, 11) is -1.85. The molecule has 1 heterocycles. The van der Waals surface area contributed by atoms with Gasteiger partial charge in [-0.05, 0) is 12.1 Å². The van der Waals surface area contributed by atoms with E-state index in [1.165, 1.54) is 44.6 Å². The first-order valence-corrected chi connectivity index (χ1v) is 8.65. The molecular formula is C14H17N5O6S. The van der Waals surface area contributed by atoms with Crippen LogP contribution in [-0.2, 0) is 19.5 Å². The lowest BCUT2D eigenvalue weighted by Crippen LogP contribution is -2.50. The average Bonchev–Trinajstić information content (AvgIpc) is 2.60. The maximum absolute atomic E-state index is 12.4. The number of urea groups is 1. The predicted octanol–water partition coefficient (Wildman–Crippen LogP) is -0.231. The highest BCUT2D eigenvalue weighted by Gasteiger charge is 2.27. The van der Waals surface area contributed by atoms with Crippen LogP contribution in [0.1, 0.15) is 17.3 Å². The fraction of sp³-hybridized carbons (Fsp3) is 0.286. The second-order valence-electron chi connectivity index (χ2n) is 5.05. The van der Waals surface area contributed by atoms with Crippen LogP contribution < -0.4 is 15.4 Å².